The van der Waals surface area contributed by atoms with E-state index in [2.05, 4.69) is 17.1 Å². The molecular formula is C12H25ClN2O. The van der Waals surface area contributed by atoms with Crippen LogP contribution < -0.4 is 5.32 Å². The first-order chi connectivity index (χ1) is 7.22. The Labute approximate surface area is 105 Å². The molecule has 1 N–H and O–H groups in total. The SMILES string of the molecule is COCC1CCN(CC2(C)CCNC2)C1.Cl. The number of halogens is 1. The first-order valence-corrected chi connectivity index (χ1v) is 6.14. The summed E-state index contributed by atoms with van der Waals surface area (Å²) in [5.74, 6) is 0.771. The Morgan fingerprint density at radius 1 is 1.50 bits per heavy atom. The summed E-state index contributed by atoms with van der Waals surface area (Å²) in [4.78, 5) is 2.62. The Bertz CT molecular complexity index is 207. The lowest BCUT2D eigenvalue weighted by Gasteiger charge is -2.29. The molecule has 0 bridgehead atoms. The van der Waals surface area contributed by atoms with Gasteiger partial charge in [0.05, 0.1) is 6.61 Å². The van der Waals surface area contributed by atoms with E-state index < -0.39 is 0 Å². The lowest BCUT2D eigenvalue weighted by atomic mass is 9.89. The number of rotatable bonds is 4. The van der Waals surface area contributed by atoms with Gasteiger partial charge in [-0.05, 0) is 37.3 Å². The topological polar surface area (TPSA) is 24.5 Å². The highest BCUT2D eigenvalue weighted by Crippen LogP contribution is 2.28. The van der Waals surface area contributed by atoms with E-state index in [1.165, 1.54) is 45.6 Å². The fourth-order valence-corrected chi connectivity index (χ4v) is 2.97. The van der Waals surface area contributed by atoms with Crippen molar-refractivity contribution in [3.8, 4) is 0 Å². The predicted molar refractivity (Wildman–Crippen MR) is 69.3 cm³/mol. The molecule has 2 fully saturated rings. The molecule has 0 aromatic rings. The third kappa shape index (κ3) is 3.59. The van der Waals surface area contributed by atoms with Crippen molar-refractivity contribution in [1.29, 1.82) is 0 Å². The molecular weight excluding hydrogens is 224 g/mol. The highest BCUT2D eigenvalue weighted by Gasteiger charge is 2.33. The van der Waals surface area contributed by atoms with Crippen molar-refractivity contribution in [1.82, 2.24) is 10.2 Å². The molecule has 4 heteroatoms. The monoisotopic (exact) mass is 248 g/mol. The van der Waals surface area contributed by atoms with Gasteiger partial charge in [0, 0.05) is 26.7 Å². The molecule has 0 spiro atoms. The van der Waals surface area contributed by atoms with Crippen LogP contribution in [0.4, 0.5) is 0 Å². The Balaban J connectivity index is 0.00000128. The van der Waals surface area contributed by atoms with Gasteiger partial charge < -0.3 is 15.0 Å². The van der Waals surface area contributed by atoms with Gasteiger partial charge >= 0.3 is 0 Å². The van der Waals surface area contributed by atoms with Crippen LogP contribution in [0.5, 0.6) is 0 Å². The number of ether oxygens (including phenoxy) is 1. The predicted octanol–water partition coefficient (Wildman–Crippen LogP) is 1.38. The third-order valence-electron chi connectivity index (χ3n) is 3.83. The standard InChI is InChI=1S/C12H24N2O.ClH/c1-12(4-5-13-9-12)10-14-6-3-11(7-14)8-15-2;/h11,13H,3-10H2,1-2H3;1H. The zero-order valence-corrected chi connectivity index (χ0v) is 11.3. The highest BCUT2D eigenvalue weighted by molar-refractivity contribution is 5.85. The molecule has 0 radical (unpaired) electrons. The summed E-state index contributed by atoms with van der Waals surface area (Å²) in [5, 5.41) is 3.47. The summed E-state index contributed by atoms with van der Waals surface area (Å²) in [5.41, 5.74) is 0.516. The van der Waals surface area contributed by atoms with Crippen molar-refractivity contribution < 1.29 is 4.74 Å². The number of nitrogens with zero attached hydrogens (tertiary/aromatic N) is 1. The molecule has 0 aromatic heterocycles. The summed E-state index contributed by atoms with van der Waals surface area (Å²) in [7, 11) is 1.81. The first-order valence-electron chi connectivity index (χ1n) is 6.14. The summed E-state index contributed by atoms with van der Waals surface area (Å²) in [6, 6.07) is 0. The molecule has 0 aromatic carbocycles. The number of hydrogen-bond donors (Lipinski definition) is 1. The first kappa shape index (κ1) is 14.2. The lowest BCUT2D eigenvalue weighted by Crippen LogP contribution is -2.36. The maximum atomic E-state index is 5.23. The van der Waals surface area contributed by atoms with Crippen molar-refractivity contribution in [2.45, 2.75) is 19.8 Å². The van der Waals surface area contributed by atoms with E-state index >= 15 is 0 Å². The molecule has 96 valence electrons. The van der Waals surface area contributed by atoms with Crippen LogP contribution in [0.1, 0.15) is 19.8 Å². The van der Waals surface area contributed by atoms with Gasteiger partial charge in [0.2, 0.25) is 0 Å². The van der Waals surface area contributed by atoms with Crippen molar-refractivity contribution >= 4 is 12.4 Å². The lowest BCUT2D eigenvalue weighted by molar-refractivity contribution is 0.145. The van der Waals surface area contributed by atoms with Crippen molar-refractivity contribution in [2.24, 2.45) is 11.3 Å². The fraction of sp³-hybridized carbons (Fsp3) is 1.00. The minimum atomic E-state index is 0. The van der Waals surface area contributed by atoms with Gasteiger partial charge in [0.25, 0.3) is 0 Å². The Kier molecular flexibility index (Phi) is 5.51. The molecule has 3 nitrogen and oxygen atoms in total. The molecule has 0 aliphatic carbocycles. The molecule has 2 aliphatic rings. The van der Waals surface area contributed by atoms with E-state index in [9.17, 15) is 0 Å². The fourth-order valence-electron chi connectivity index (χ4n) is 2.97. The van der Waals surface area contributed by atoms with Gasteiger partial charge in [0.15, 0.2) is 0 Å². The number of methoxy groups -OCH3 is 1. The van der Waals surface area contributed by atoms with Gasteiger partial charge in [-0.1, -0.05) is 6.92 Å². The largest absolute Gasteiger partial charge is 0.384 e. The van der Waals surface area contributed by atoms with Crippen LogP contribution in [0.3, 0.4) is 0 Å². The second-order valence-corrected chi connectivity index (χ2v) is 5.58. The van der Waals surface area contributed by atoms with Crippen molar-refractivity contribution in [3.05, 3.63) is 0 Å². The van der Waals surface area contributed by atoms with E-state index in [-0.39, 0.29) is 12.4 Å². The quantitative estimate of drug-likeness (QED) is 0.814. The Morgan fingerprint density at radius 2 is 2.31 bits per heavy atom. The zero-order valence-electron chi connectivity index (χ0n) is 10.5. The molecule has 2 atom stereocenters. The van der Waals surface area contributed by atoms with E-state index in [0.29, 0.717) is 5.41 Å². The summed E-state index contributed by atoms with van der Waals surface area (Å²) < 4.78 is 5.23. The van der Waals surface area contributed by atoms with Gasteiger partial charge in [-0.25, -0.2) is 0 Å². The summed E-state index contributed by atoms with van der Waals surface area (Å²) >= 11 is 0. The van der Waals surface area contributed by atoms with E-state index in [0.717, 1.165) is 12.5 Å². The summed E-state index contributed by atoms with van der Waals surface area (Å²) in [6.45, 7) is 9.51. The molecule has 2 aliphatic heterocycles. The van der Waals surface area contributed by atoms with Crippen molar-refractivity contribution in [2.75, 3.05) is 46.4 Å². The minimum Gasteiger partial charge on any atom is -0.384 e. The second kappa shape index (κ2) is 6.20. The number of hydrogen-bond acceptors (Lipinski definition) is 3. The third-order valence-corrected chi connectivity index (χ3v) is 3.83. The Morgan fingerprint density at radius 3 is 2.94 bits per heavy atom. The van der Waals surface area contributed by atoms with Crippen LogP contribution in [0.25, 0.3) is 0 Å². The van der Waals surface area contributed by atoms with Crippen LogP contribution in [0.2, 0.25) is 0 Å². The van der Waals surface area contributed by atoms with Gasteiger partial charge in [-0.15, -0.1) is 12.4 Å². The van der Waals surface area contributed by atoms with E-state index in [1.54, 1.807) is 0 Å². The molecule has 16 heavy (non-hydrogen) atoms. The second-order valence-electron chi connectivity index (χ2n) is 5.58. The van der Waals surface area contributed by atoms with Gasteiger partial charge in [-0.2, -0.15) is 0 Å². The minimum absolute atomic E-state index is 0. The Hall–Kier alpha value is 0.170. The van der Waals surface area contributed by atoms with Crippen LogP contribution >= 0.6 is 12.4 Å². The zero-order chi connectivity index (χ0) is 10.7. The average molecular weight is 249 g/mol. The van der Waals surface area contributed by atoms with Crippen LogP contribution in [0, 0.1) is 11.3 Å². The maximum Gasteiger partial charge on any atom is 0.0503 e. The number of nitrogens with one attached hydrogen (secondary N) is 1. The maximum absolute atomic E-state index is 5.23. The smallest absolute Gasteiger partial charge is 0.0503 e. The molecule has 2 rings (SSSR count). The van der Waals surface area contributed by atoms with Gasteiger partial charge in [-0.3, -0.25) is 0 Å². The van der Waals surface area contributed by atoms with E-state index in [1.807, 2.05) is 7.11 Å². The normalized spacial score (nSPS) is 35.2. The van der Waals surface area contributed by atoms with Crippen LogP contribution in [0.15, 0.2) is 0 Å². The molecule has 2 heterocycles. The van der Waals surface area contributed by atoms with E-state index in [4.69, 9.17) is 4.74 Å². The average Bonchev–Trinajstić information content (AvgIpc) is 2.77. The molecule has 0 saturated carbocycles. The summed E-state index contributed by atoms with van der Waals surface area (Å²) in [6.07, 6.45) is 2.65. The molecule has 2 unspecified atom stereocenters. The number of likely N-dealkylation sites (tertiary alicyclic amines) is 1. The highest BCUT2D eigenvalue weighted by atomic mass is 35.5. The molecule has 0 amide bonds. The molecule has 2 saturated heterocycles. The van der Waals surface area contributed by atoms with Crippen molar-refractivity contribution in [3.63, 3.8) is 0 Å². The van der Waals surface area contributed by atoms with Gasteiger partial charge in [0.1, 0.15) is 0 Å². The van der Waals surface area contributed by atoms with Crippen LogP contribution in [-0.4, -0.2) is 51.3 Å². The van der Waals surface area contributed by atoms with Crippen LogP contribution in [-0.2, 0) is 4.74 Å².